The molecule has 1 aromatic rings. The molecule has 1 unspecified atom stereocenters. The van der Waals surface area contributed by atoms with Gasteiger partial charge >= 0.3 is 0 Å². The Hall–Kier alpha value is -0.550. The Balaban J connectivity index is 2.33. The van der Waals surface area contributed by atoms with Gasteiger partial charge in [-0.15, -0.1) is 0 Å². The molecule has 94 valence electrons. The van der Waals surface area contributed by atoms with Gasteiger partial charge in [-0.05, 0) is 25.0 Å². The van der Waals surface area contributed by atoms with Crippen molar-refractivity contribution in [3.05, 3.63) is 11.0 Å². The lowest BCUT2D eigenvalue weighted by molar-refractivity contribution is 0.437. The first-order valence-corrected chi connectivity index (χ1v) is 7.24. The number of thioether (sulfide) groups is 1. The second-order valence-electron chi connectivity index (χ2n) is 4.33. The third-order valence-electron chi connectivity index (χ3n) is 2.91. The molecule has 2 rings (SSSR count). The van der Waals surface area contributed by atoms with Crippen LogP contribution in [0.5, 0.6) is 0 Å². The third-order valence-corrected chi connectivity index (χ3v) is 3.71. The summed E-state index contributed by atoms with van der Waals surface area (Å²) in [5.74, 6) is 0.411. The predicted molar refractivity (Wildman–Crippen MR) is 69.4 cm³/mol. The van der Waals surface area contributed by atoms with E-state index in [0.29, 0.717) is 16.9 Å². The summed E-state index contributed by atoms with van der Waals surface area (Å²) in [6, 6.07) is 0. The summed E-state index contributed by atoms with van der Waals surface area (Å²) in [6.07, 6.45) is 4.11. The molecule has 0 amide bonds. The van der Waals surface area contributed by atoms with Gasteiger partial charge in [-0.1, -0.05) is 30.3 Å². The predicted octanol–water partition coefficient (Wildman–Crippen LogP) is 3.23. The highest BCUT2D eigenvalue weighted by Gasteiger charge is 2.23. The highest BCUT2D eigenvalue weighted by Crippen LogP contribution is 2.28. The quantitative estimate of drug-likeness (QED) is 0.471. The van der Waals surface area contributed by atoms with E-state index in [1.54, 1.807) is 0 Å². The zero-order chi connectivity index (χ0) is 12.4. The summed E-state index contributed by atoms with van der Waals surface area (Å²) < 4.78 is 13.9. The number of aromatic nitrogens is 2. The standard InChI is InChI=1S/C11H15ClFN3S/c1-7-4-3-5-16(6-7)10-8(13)9(12)14-11(15-10)17-2/h7H,3-6H2,1-2H3. The number of halogens is 2. The number of rotatable bonds is 2. The number of piperidine rings is 1. The molecule has 3 nitrogen and oxygen atoms in total. The van der Waals surface area contributed by atoms with Crippen LogP contribution in [0.25, 0.3) is 0 Å². The highest BCUT2D eigenvalue weighted by atomic mass is 35.5. The van der Waals surface area contributed by atoms with Crippen LogP contribution in [0.4, 0.5) is 10.2 Å². The van der Waals surface area contributed by atoms with E-state index in [0.717, 1.165) is 19.5 Å². The molecule has 1 aliphatic rings. The first-order chi connectivity index (χ1) is 8.11. The molecule has 1 aliphatic heterocycles. The van der Waals surface area contributed by atoms with Gasteiger partial charge in [0.1, 0.15) is 0 Å². The molecular formula is C11H15ClFN3S. The van der Waals surface area contributed by atoms with Gasteiger partial charge in [-0.2, -0.15) is 4.39 Å². The summed E-state index contributed by atoms with van der Waals surface area (Å²) in [5, 5.41) is 0.433. The number of hydrogen-bond acceptors (Lipinski definition) is 4. The molecule has 1 atom stereocenters. The van der Waals surface area contributed by atoms with Crippen LogP contribution in [0.1, 0.15) is 19.8 Å². The Morgan fingerprint density at radius 3 is 2.88 bits per heavy atom. The van der Waals surface area contributed by atoms with Crippen LogP contribution in [0.2, 0.25) is 5.15 Å². The maximum atomic E-state index is 13.9. The minimum atomic E-state index is -0.501. The SMILES string of the molecule is CSc1nc(Cl)c(F)c(N2CCCC(C)C2)n1. The van der Waals surface area contributed by atoms with Crippen molar-refractivity contribution in [3.63, 3.8) is 0 Å². The average Bonchev–Trinajstić information content (AvgIpc) is 2.32. The van der Waals surface area contributed by atoms with E-state index in [2.05, 4.69) is 16.9 Å². The maximum absolute atomic E-state index is 13.9. The number of nitrogens with zero attached hydrogens (tertiary/aromatic N) is 3. The summed E-state index contributed by atoms with van der Waals surface area (Å²) in [4.78, 5) is 10.1. The van der Waals surface area contributed by atoms with Crippen LogP contribution >= 0.6 is 23.4 Å². The van der Waals surface area contributed by atoms with Crippen molar-refractivity contribution in [2.45, 2.75) is 24.9 Å². The fraction of sp³-hybridized carbons (Fsp3) is 0.636. The molecule has 1 aromatic heterocycles. The van der Waals surface area contributed by atoms with E-state index in [4.69, 9.17) is 11.6 Å². The third kappa shape index (κ3) is 2.83. The van der Waals surface area contributed by atoms with Gasteiger partial charge < -0.3 is 4.90 Å². The second kappa shape index (κ2) is 5.40. The van der Waals surface area contributed by atoms with Crippen LogP contribution in [-0.2, 0) is 0 Å². The smallest absolute Gasteiger partial charge is 0.202 e. The molecule has 0 saturated carbocycles. The lowest BCUT2D eigenvalue weighted by atomic mass is 10.0. The Labute approximate surface area is 110 Å². The van der Waals surface area contributed by atoms with E-state index in [1.165, 1.54) is 18.2 Å². The fourth-order valence-electron chi connectivity index (χ4n) is 2.07. The van der Waals surface area contributed by atoms with Gasteiger partial charge in [0.25, 0.3) is 0 Å². The minimum Gasteiger partial charge on any atom is -0.354 e. The van der Waals surface area contributed by atoms with Crippen molar-refractivity contribution in [1.82, 2.24) is 9.97 Å². The molecule has 0 spiro atoms. The van der Waals surface area contributed by atoms with Crippen molar-refractivity contribution in [2.75, 3.05) is 24.2 Å². The van der Waals surface area contributed by atoms with Crippen molar-refractivity contribution in [1.29, 1.82) is 0 Å². The number of anilines is 1. The Morgan fingerprint density at radius 1 is 1.47 bits per heavy atom. The molecule has 0 radical (unpaired) electrons. The van der Waals surface area contributed by atoms with Crippen LogP contribution < -0.4 is 4.90 Å². The monoisotopic (exact) mass is 275 g/mol. The van der Waals surface area contributed by atoms with Gasteiger partial charge in [0, 0.05) is 13.1 Å². The molecule has 6 heteroatoms. The molecule has 1 fully saturated rings. The van der Waals surface area contributed by atoms with E-state index in [-0.39, 0.29) is 5.15 Å². The van der Waals surface area contributed by atoms with Crippen LogP contribution in [0, 0.1) is 11.7 Å². The van der Waals surface area contributed by atoms with Gasteiger partial charge in [0.2, 0.25) is 5.82 Å². The molecule has 0 bridgehead atoms. The van der Waals surface area contributed by atoms with E-state index in [9.17, 15) is 4.39 Å². The Morgan fingerprint density at radius 2 is 2.24 bits per heavy atom. The summed E-state index contributed by atoms with van der Waals surface area (Å²) >= 11 is 7.16. The molecule has 0 N–H and O–H groups in total. The molecule has 0 aliphatic carbocycles. The second-order valence-corrected chi connectivity index (χ2v) is 5.46. The molecule has 2 heterocycles. The van der Waals surface area contributed by atoms with Crippen molar-refractivity contribution in [3.8, 4) is 0 Å². The summed E-state index contributed by atoms with van der Waals surface area (Å²) in [7, 11) is 0. The lowest BCUT2D eigenvalue weighted by Gasteiger charge is -2.32. The van der Waals surface area contributed by atoms with Gasteiger partial charge in [0.15, 0.2) is 16.1 Å². The zero-order valence-corrected chi connectivity index (χ0v) is 11.5. The van der Waals surface area contributed by atoms with Crippen molar-refractivity contribution >= 4 is 29.2 Å². The van der Waals surface area contributed by atoms with E-state index in [1.807, 2.05) is 11.2 Å². The van der Waals surface area contributed by atoms with Crippen molar-refractivity contribution in [2.24, 2.45) is 5.92 Å². The molecule has 1 saturated heterocycles. The Kier molecular flexibility index (Phi) is 4.09. The van der Waals surface area contributed by atoms with Crippen LogP contribution in [0.15, 0.2) is 5.16 Å². The fourth-order valence-corrected chi connectivity index (χ4v) is 2.65. The van der Waals surface area contributed by atoms with E-state index < -0.39 is 5.82 Å². The van der Waals surface area contributed by atoms with Gasteiger partial charge in [0.05, 0.1) is 0 Å². The normalized spacial score (nSPS) is 20.7. The first kappa shape index (κ1) is 12.9. The Bertz CT molecular complexity index is 416. The maximum Gasteiger partial charge on any atom is 0.202 e. The van der Waals surface area contributed by atoms with E-state index >= 15 is 0 Å². The molecular weight excluding hydrogens is 261 g/mol. The van der Waals surface area contributed by atoms with Gasteiger partial charge in [-0.3, -0.25) is 0 Å². The average molecular weight is 276 g/mol. The van der Waals surface area contributed by atoms with Crippen molar-refractivity contribution < 1.29 is 4.39 Å². The highest BCUT2D eigenvalue weighted by molar-refractivity contribution is 7.98. The minimum absolute atomic E-state index is 0.0856. The van der Waals surface area contributed by atoms with Crippen LogP contribution in [-0.4, -0.2) is 29.3 Å². The first-order valence-electron chi connectivity index (χ1n) is 5.63. The topological polar surface area (TPSA) is 29.0 Å². The molecule has 17 heavy (non-hydrogen) atoms. The largest absolute Gasteiger partial charge is 0.354 e. The molecule has 0 aromatic carbocycles. The zero-order valence-electron chi connectivity index (χ0n) is 9.91. The van der Waals surface area contributed by atoms with Crippen LogP contribution in [0.3, 0.4) is 0 Å². The number of hydrogen-bond donors (Lipinski definition) is 0. The summed E-state index contributed by atoms with van der Waals surface area (Å²) in [6.45, 7) is 3.84. The lowest BCUT2D eigenvalue weighted by Crippen LogP contribution is -2.35. The summed E-state index contributed by atoms with van der Waals surface area (Å²) in [5.41, 5.74) is 0. The van der Waals surface area contributed by atoms with Gasteiger partial charge in [-0.25, -0.2) is 9.97 Å².